The van der Waals surface area contributed by atoms with Crippen molar-refractivity contribution < 1.29 is 14.0 Å². The van der Waals surface area contributed by atoms with Gasteiger partial charge in [-0.1, -0.05) is 39.3 Å². The largest absolute Gasteiger partial charge is 0.353 e. The SMILES string of the molecule is CCCCN(CC(=O)N(Cc1cccn1C)CC(C)C)C(=O)c1ccccc1F. The van der Waals surface area contributed by atoms with Crippen molar-refractivity contribution in [1.29, 1.82) is 0 Å². The maximum absolute atomic E-state index is 14.1. The van der Waals surface area contributed by atoms with Crippen LogP contribution in [-0.4, -0.2) is 45.8 Å². The summed E-state index contributed by atoms with van der Waals surface area (Å²) >= 11 is 0. The van der Waals surface area contributed by atoms with Crippen LogP contribution in [0.3, 0.4) is 0 Å². The van der Waals surface area contributed by atoms with Crippen molar-refractivity contribution in [1.82, 2.24) is 14.4 Å². The summed E-state index contributed by atoms with van der Waals surface area (Å²) in [7, 11) is 1.95. The zero-order valence-corrected chi connectivity index (χ0v) is 17.9. The topological polar surface area (TPSA) is 45.6 Å². The van der Waals surface area contributed by atoms with Crippen molar-refractivity contribution in [2.45, 2.75) is 40.2 Å². The van der Waals surface area contributed by atoms with Gasteiger partial charge in [0, 0.05) is 32.0 Å². The number of rotatable bonds is 10. The van der Waals surface area contributed by atoms with Crippen LogP contribution in [0.5, 0.6) is 0 Å². The van der Waals surface area contributed by atoms with Gasteiger partial charge >= 0.3 is 0 Å². The number of aryl methyl sites for hydroxylation is 1. The Morgan fingerprint density at radius 3 is 2.41 bits per heavy atom. The predicted molar refractivity (Wildman–Crippen MR) is 113 cm³/mol. The Kier molecular flexibility index (Phi) is 8.43. The van der Waals surface area contributed by atoms with E-state index in [4.69, 9.17) is 0 Å². The molecule has 5 nitrogen and oxygen atoms in total. The van der Waals surface area contributed by atoms with E-state index in [9.17, 15) is 14.0 Å². The van der Waals surface area contributed by atoms with Crippen molar-refractivity contribution in [2.75, 3.05) is 19.6 Å². The molecule has 0 aliphatic heterocycles. The Balaban J connectivity index is 2.19. The monoisotopic (exact) mass is 401 g/mol. The number of hydrogen-bond donors (Lipinski definition) is 0. The quantitative estimate of drug-likeness (QED) is 0.602. The number of unbranched alkanes of at least 4 members (excludes halogenated alkanes) is 1. The number of hydrogen-bond acceptors (Lipinski definition) is 2. The fourth-order valence-electron chi connectivity index (χ4n) is 3.22. The maximum Gasteiger partial charge on any atom is 0.257 e. The minimum atomic E-state index is -0.561. The third-order valence-corrected chi connectivity index (χ3v) is 4.84. The lowest BCUT2D eigenvalue weighted by atomic mass is 10.1. The van der Waals surface area contributed by atoms with Gasteiger partial charge in [-0.2, -0.15) is 0 Å². The number of carbonyl (C=O) groups is 2. The van der Waals surface area contributed by atoms with Gasteiger partial charge < -0.3 is 14.4 Å². The Morgan fingerprint density at radius 2 is 1.83 bits per heavy atom. The van der Waals surface area contributed by atoms with Crippen LogP contribution in [0.15, 0.2) is 42.6 Å². The van der Waals surface area contributed by atoms with E-state index in [1.54, 1.807) is 17.0 Å². The maximum atomic E-state index is 14.1. The van der Waals surface area contributed by atoms with Crippen LogP contribution in [0.2, 0.25) is 0 Å². The van der Waals surface area contributed by atoms with Crippen LogP contribution in [0.1, 0.15) is 49.7 Å². The molecule has 2 amide bonds. The van der Waals surface area contributed by atoms with E-state index < -0.39 is 11.7 Å². The van der Waals surface area contributed by atoms with Gasteiger partial charge in [0.2, 0.25) is 5.91 Å². The lowest BCUT2D eigenvalue weighted by Gasteiger charge is -2.29. The molecule has 0 bridgehead atoms. The highest BCUT2D eigenvalue weighted by atomic mass is 19.1. The number of halogens is 1. The highest BCUT2D eigenvalue weighted by molar-refractivity contribution is 5.96. The van der Waals surface area contributed by atoms with Crippen LogP contribution in [0.25, 0.3) is 0 Å². The fraction of sp³-hybridized carbons (Fsp3) is 0.478. The average Bonchev–Trinajstić information content (AvgIpc) is 3.08. The first-order valence-electron chi connectivity index (χ1n) is 10.2. The van der Waals surface area contributed by atoms with Crippen molar-refractivity contribution in [3.05, 3.63) is 59.7 Å². The van der Waals surface area contributed by atoms with E-state index >= 15 is 0 Å². The molecule has 29 heavy (non-hydrogen) atoms. The molecule has 2 rings (SSSR count). The minimum absolute atomic E-state index is 0.00856. The van der Waals surface area contributed by atoms with Gasteiger partial charge in [-0.3, -0.25) is 9.59 Å². The first-order chi connectivity index (χ1) is 13.8. The highest BCUT2D eigenvalue weighted by Gasteiger charge is 2.24. The number of amides is 2. The highest BCUT2D eigenvalue weighted by Crippen LogP contribution is 2.13. The Morgan fingerprint density at radius 1 is 1.10 bits per heavy atom. The standard InChI is InChI=1S/C23H32FN3O2/c1-5-6-14-26(23(29)20-11-7-8-12-21(20)24)17-22(28)27(15-18(2)3)16-19-10-9-13-25(19)4/h7-13,18H,5-6,14-17H2,1-4H3. The number of benzene rings is 1. The number of carbonyl (C=O) groups excluding carboxylic acids is 2. The van der Waals surface area contributed by atoms with Crippen molar-refractivity contribution in [2.24, 2.45) is 13.0 Å². The molecule has 1 aromatic heterocycles. The minimum Gasteiger partial charge on any atom is -0.353 e. The first-order valence-corrected chi connectivity index (χ1v) is 10.2. The smallest absolute Gasteiger partial charge is 0.257 e. The Bertz CT molecular complexity index is 816. The van der Waals surface area contributed by atoms with E-state index in [2.05, 4.69) is 13.8 Å². The third-order valence-electron chi connectivity index (χ3n) is 4.84. The lowest BCUT2D eigenvalue weighted by Crippen LogP contribution is -2.44. The molecule has 1 heterocycles. The second kappa shape index (κ2) is 10.8. The van der Waals surface area contributed by atoms with Crippen LogP contribution in [-0.2, 0) is 18.4 Å². The van der Waals surface area contributed by atoms with Gasteiger partial charge in [0.25, 0.3) is 5.91 Å². The summed E-state index contributed by atoms with van der Waals surface area (Å²) in [5, 5.41) is 0. The molecule has 0 atom stereocenters. The molecule has 6 heteroatoms. The predicted octanol–water partition coefficient (Wildman–Crippen LogP) is 4.09. The summed E-state index contributed by atoms with van der Waals surface area (Å²) in [6.07, 6.45) is 3.59. The second-order valence-corrected chi connectivity index (χ2v) is 7.84. The van der Waals surface area contributed by atoms with E-state index in [1.807, 2.05) is 36.9 Å². The van der Waals surface area contributed by atoms with E-state index in [-0.39, 0.29) is 18.0 Å². The van der Waals surface area contributed by atoms with Crippen molar-refractivity contribution in [3.63, 3.8) is 0 Å². The molecular formula is C23H32FN3O2. The molecule has 0 spiro atoms. The molecule has 2 aromatic rings. The molecule has 0 fully saturated rings. The van der Waals surface area contributed by atoms with Crippen LogP contribution in [0.4, 0.5) is 4.39 Å². The van der Waals surface area contributed by atoms with Crippen molar-refractivity contribution >= 4 is 11.8 Å². The molecule has 0 aliphatic rings. The Hall–Kier alpha value is -2.63. The lowest BCUT2D eigenvalue weighted by molar-refractivity contribution is -0.133. The molecule has 0 saturated heterocycles. The number of aromatic nitrogens is 1. The second-order valence-electron chi connectivity index (χ2n) is 7.84. The summed E-state index contributed by atoms with van der Waals surface area (Å²) in [6, 6.07) is 9.86. The Labute approximate surface area is 173 Å². The zero-order chi connectivity index (χ0) is 21.4. The van der Waals surface area contributed by atoms with Crippen LogP contribution >= 0.6 is 0 Å². The molecule has 0 unspecified atom stereocenters. The normalized spacial score (nSPS) is 11.0. The molecule has 0 radical (unpaired) electrons. The molecule has 0 aliphatic carbocycles. The van der Waals surface area contributed by atoms with Gasteiger partial charge in [-0.05, 0) is 36.6 Å². The summed E-state index contributed by atoms with van der Waals surface area (Å²) in [5.41, 5.74) is 1.04. The van der Waals surface area contributed by atoms with Crippen LogP contribution in [0, 0.1) is 11.7 Å². The fourth-order valence-corrected chi connectivity index (χ4v) is 3.22. The van der Waals surface area contributed by atoms with Gasteiger partial charge in [-0.15, -0.1) is 0 Å². The summed E-state index contributed by atoms with van der Waals surface area (Å²) < 4.78 is 16.1. The summed E-state index contributed by atoms with van der Waals surface area (Å²) in [5.74, 6) is -0.825. The van der Waals surface area contributed by atoms with Gasteiger partial charge in [0.05, 0.1) is 12.1 Å². The van der Waals surface area contributed by atoms with Gasteiger partial charge in [0.1, 0.15) is 12.4 Å². The zero-order valence-electron chi connectivity index (χ0n) is 17.9. The van der Waals surface area contributed by atoms with E-state index in [0.717, 1.165) is 18.5 Å². The molecule has 0 N–H and O–H groups in total. The molecule has 1 aromatic carbocycles. The van der Waals surface area contributed by atoms with Crippen molar-refractivity contribution in [3.8, 4) is 0 Å². The van der Waals surface area contributed by atoms with Gasteiger partial charge in [-0.25, -0.2) is 4.39 Å². The summed E-state index contributed by atoms with van der Waals surface area (Å²) in [6.45, 7) is 7.60. The van der Waals surface area contributed by atoms with E-state index in [1.165, 1.54) is 17.0 Å². The van der Waals surface area contributed by atoms with Gasteiger partial charge in [0.15, 0.2) is 0 Å². The third kappa shape index (κ3) is 6.44. The molecular weight excluding hydrogens is 369 g/mol. The summed E-state index contributed by atoms with van der Waals surface area (Å²) in [4.78, 5) is 29.3. The first kappa shape index (κ1) is 22.7. The molecule has 158 valence electrons. The van der Waals surface area contributed by atoms with E-state index in [0.29, 0.717) is 25.6 Å². The number of nitrogens with zero attached hydrogens (tertiary/aromatic N) is 3. The van der Waals surface area contributed by atoms with Crippen LogP contribution < -0.4 is 0 Å². The molecule has 0 saturated carbocycles. The average molecular weight is 402 g/mol.